The molecule has 0 bridgehead atoms. The van der Waals surface area contributed by atoms with E-state index in [4.69, 9.17) is 0 Å². The van der Waals surface area contributed by atoms with E-state index in [1.54, 1.807) is 0 Å². The van der Waals surface area contributed by atoms with E-state index in [0.717, 1.165) is 5.57 Å². The summed E-state index contributed by atoms with van der Waals surface area (Å²) in [6.07, 6.45) is 4.90. The minimum Gasteiger partial charge on any atom is -0.378 e. The maximum Gasteiger partial charge on any atom is 0.0372 e. The van der Waals surface area contributed by atoms with Gasteiger partial charge in [-0.1, -0.05) is 48.6 Å². The molecule has 1 aliphatic heterocycles. The van der Waals surface area contributed by atoms with Crippen LogP contribution in [0.3, 0.4) is 0 Å². The molecule has 0 unspecified atom stereocenters. The molecule has 0 saturated carbocycles. The zero-order valence-electron chi connectivity index (χ0n) is 19.9. The monoisotopic (exact) mass is 430 g/mol. The maximum atomic E-state index is 4.29. The summed E-state index contributed by atoms with van der Waals surface area (Å²) in [5.74, 6) is 0.214. The third kappa shape index (κ3) is 3.55. The number of benzene rings is 3. The molecule has 4 rings (SSSR count). The van der Waals surface area contributed by atoms with Crippen LogP contribution in [0.1, 0.15) is 35.1 Å². The van der Waals surface area contributed by atoms with Crippen LogP contribution >= 0.6 is 10.0 Å². The molecule has 0 aliphatic carbocycles. The number of fused-ring (bicyclic) bond motifs is 2. The van der Waals surface area contributed by atoms with E-state index in [1.165, 1.54) is 43.4 Å². The Labute approximate surface area is 189 Å². The van der Waals surface area contributed by atoms with Crippen molar-refractivity contribution in [2.75, 3.05) is 50.5 Å². The van der Waals surface area contributed by atoms with Gasteiger partial charge in [0.25, 0.3) is 0 Å². The molecule has 1 aliphatic rings. The van der Waals surface area contributed by atoms with Crippen molar-refractivity contribution >= 4 is 27.0 Å². The minimum atomic E-state index is -1.16. The third-order valence-corrected chi connectivity index (χ3v) is 9.39. The predicted molar refractivity (Wildman–Crippen MR) is 140 cm³/mol. The van der Waals surface area contributed by atoms with Gasteiger partial charge in [0.1, 0.15) is 0 Å². The van der Waals surface area contributed by atoms with Crippen LogP contribution in [0.15, 0.2) is 77.0 Å². The largest absolute Gasteiger partial charge is 0.378 e. The summed E-state index contributed by atoms with van der Waals surface area (Å²) in [5, 5.41) is 0. The van der Waals surface area contributed by atoms with Gasteiger partial charge in [0.2, 0.25) is 0 Å². The highest BCUT2D eigenvalue weighted by Gasteiger charge is 2.36. The highest BCUT2D eigenvalue weighted by Crippen LogP contribution is 2.66. The molecule has 0 aromatic heterocycles. The fourth-order valence-corrected chi connectivity index (χ4v) is 7.34. The van der Waals surface area contributed by atoms with Crippen LogP contribution in [0.4, 0.5) is 11.4 Å². The Morgan fingerprint density at radius 3 is 1.68 bits per heavy atom. The van der Waals surface area contributed by atoms with E-state index in [2.05, 4.69) is 125 Å². The Kier molecular flexibility index (Phi) is 5.43. The van der Waals surface area contributed by atoms with Gasteiger partial charge in [-0.2, -0.15) is 10.0 Å². The lowest BCUT2D eigenvalue weighted by Gasteiger charge is -2.44. The lowest BCUT2D eigenvalue weighted by molar-refractivity contribution is 0.886. The van der Waals surface area contributed by atoms with E-state index in [1.807, 2.05) is 0 Å². The van der Waals surface area contributed by atoms with Crippen molar-refractivity contribution in [2.45, 2.75) is 22.6 Å². The summed E-state index contributed by atoms with van der Waals surface area (Å²) in [5.41, 5.74) is 9.12. The first-order valence-corrected chi connectivity index (χ1v) is 13.2. The molecule has 0 saturated heterocycles. The van der Waals surface area contributed by atoms with Crippen LogP contribution < -0.4 is 9.80 Å². The molecule has 31 heavy (non-hydrogen) atoms. The van der Waals surface area contributed by atoms with Crippen LogP contribution in [0.5, 0.6) is 0 Å². The molecule has 0 amide bonds. The summed E-state index contributed by atoms with van der Waals surface area (Å²) in [6.45, 7) is 6.40. The zero-order valence-corrected chi connectivity index (χ0v) is 20.7. The smallest absolute Gasteiger partial charge is 0.0372 e. The highest BCUT2D eigenvalue weighted by molar-refractivity contribution is 8.32. The first-order valence-electron chi connectivity index (χ1n) is 10.7. The van der Waals surface area contributed by atoms with E-state index >= 15 is 0 Å². The minimum absolute atomic E-state index is 0.214. The van der Waals surface area contributed by atoms with Gasteiger partial charge in [-0.05, 0) is 75.7 Å². The van der Waals surface area contributed by atoms with Crippen LogP contribution in [-0.4, -0.2) is 40.7 Å². The third-order valence-electron chi connectivity index (χ3n) is 6.48. The van der Waals surface area contributed by atoms with Gasteiger partial charge in [-0.15, -0.1) is 0 Å². The summed E-state index contributed by atoms with van der Waals surface area (Å²) < 4.78 is 0. The Hall–Kier alpha value is -2.65. The van der Waals surface area contributed by atoms with E-state index < -0.39 is 10.0 Å². The molecule has 1 heterocycles. The molecule has 3 aromatic carbocycles. The van der Waals surface area contributed by atoms with Crippen LogP contribution in [0, 0.1) is 0 Å². The summed E-state index contributed by atoms with van der Waals surface area (Å²) >= 11 is 0. The Morgan fingerprint density at radius 1 is 0.742 bits per heavy atom. The first kappa shape index (κ1) is 21.6. The van der Waals surface area contributed by atoms with Gasteiger partial charge < -0.3 is 9.80 Å². The van der Waals surface area contributed by atoms with Crippen LogP contribution in [-0.2, 0) is 0 Å². The molecule has 162 valence electrons. The average molecular weight is 431 g/mol. The van der Waals surface area contributed by atoms with E-state index in [0.29, 0.717) is 0 Å². The van der Waals surface area contributed by atoms with Gasteiger partial charge in [0.15, 0.2) is 0 Å². The topological polar surface area (TPSA) is 6.48 Å². The predicted octanol–water partition coefficient (Wildman–Crippen LogP) is 6.83. The van der Waals surface area contributed by atoms with Crippen molar-refractivity contribution in [3.8, 4) is 0 Å². The Balaban J connectivity index is 2.07. The SMILES string of the molecule is C=C(C)c1ccccc1C1c2ccc(N(C)C)cc2S(C)(C)c2cc(N(C)C)ccc21. The van der Waals surface area contributed by atoms with Gasteiger partial charge in [-0.25, -0.2) is 0 Å². The van der Waals surface area contributed by atoms with Crippen molar-refractivity contribution in [1.82, 2.24) is 0 Å². The van der Waals surface area contributed by atoms with Gasteiger partial charge in [0, 0.05) is 45.5 Å². The first-order chi connectivity index (χ1) is 14.6. The number of anilines is 2. The molecule has 0 spiro atoms. The van der Waals surface area contributed by atoms with Crippen molar-refractivity contribution in [2.24, 2.45) is 0 Å². The van der Waals surface area contributed by atoms with Gasteiger partial charge in [-0.3, -0.25) is 0 Å². The number of allylic oxidation sites excluding steroid dienone is 1. The quantitative estimate of drug-likeness (QED) is 0.448. The summed E-state index contributed by atoms with van der Waals surface area (Å²) in [4.78, 5) is 7.39. The average Bonchev–Trinajstić information content (AvgIpc) is 2.73. The lowest BCUT2D eigenvalue weighted by Crippen LogP contribution is -2.20. The fourth-order valence-electron chi connectivity index (χ4n) is 4.72. The second kappa shape index (κ2) is 7.80. The molecule has 0 atom stereocenters. The lowest BCUT2D eigenvalue weighted by atomic mass is 9.81. The second-order valence-corrected chi connectivity index (χ2v) is 12.9. The molecule has 3 heteroatoms. The number of hydrogen-bond acceptors (Lipinski definition) is 2. The molecule has 3 aromatic rings. The summed E-state index contributed by atoms with van der Waals surface area (Å²) in [7, 11) is 7.33. The molecular weight excluding hydrogens is 396 g/mol. The Morgan fingerprint density at radius 2 is 1.23 bits per heavy atom. The van der Waals surface area contributed by atoms with Gasteiger partial charge >= 0.3 is 0 Å². The second-order valence-electron chi connectivity index (χ2n) is 9.36. The number of rotatable bonds is 4. The van der Waals surface area contributed by atoms with Gasteiger partial charge in [0.05, 0.1) is 0 Å². The Bertz CT molecular complexity index is 1100. The zero-order chi connectivity index (χ0) is 22.5. The fraction of sp³-hybridized carbons (Fsp3) is 0.286. The highest BCUT2D eigenvalue weighted by atomic mass is 32.3. The molecule has 2 nitrogen and oxygen atoms in total. The summed E-state index contributed by atoms with van der Waals surface area (Å²) in [6, 6.07) is 22.9. The van der Waals surface area contributed by atoms with Crippen LogP contribution in [0.25, 0.3) is 5.57 Å². The van der Waals surface area contributed by atoms with E-state index in [-0.39, 0.29) is 5.92 Å². The van der Waals surface area contributed by atoms with Crippen molar-refractivity contribution in [1.29, 1.82) is 0 Å². The number of nitrogens with zero attached hydrogens (tertiary/aromatic N) is 2. The van der Waals surface area contributed by atoms with E-state index in [9.17, 15) is 0 Å². The molecule has 0 N–H and O–H groups in total. The molecule has 0 radical (unpaired) electrons. The number of hydrogen-bond donors (Lipinski definition) is 0. The van der Waals surface area contributed by atoms with Crippen molar-refractivity contribution in [3.63, 3.8) is 0 Å². The molecule has 0 fully saturated rings. The normalized spacial score (nSPS) is 15.6. The molecular formula is C28H34N2S. The van der Waals surface area contributed by atoms with Crippen molar-refractivity contribution < 1.29 is 0 Å². The van der Waals surface area contributed by atoms with Crippen molar-refractivity contribution in [3.05, 3.63) is 89.5 Å². The standard InChI is InChI=1S/C28H34N2S/c1-19(2)22-11-9-10-12-23(22)28-24-15-13-20(29(3)4)17-26(24)31(7,8)27-18-21(30(5)6)14-16-25(27)28/h9-18,28H,1H2,2-8H3. The van der Waals surface area contributed by atoms with Crippen LogP contribution in [0.2, 0.25) is 0 Å². The maximum absolute atomic E-state index is 4.29.